The number of hydrogen-bond donors (Lipinski definition) is 0. The molecule has 180 valence electrons. The normalized spacial score (nSPS) is 16.1. The SMILES string of the molecule is CCCCOc1cc(CC)ccc1Oc1ccc(N2CC(COS(C)(=O)=O)OC2=O)cc1F. The summed E-state index contributed by atoms with van der Waals surface area (Å²) in [6.45, 7) is 4.35. The molecule has 0 bridgehead atoms. The van der Waals surface area contributed by atoms with Gasteiger partial charge in [0.1, 0.15) is 12.7 Å². The van der Waals surface area contributed by atoms with Gasteiger partial charge in [0.2, 0.25) is 0 Å². The van der Waals surface area contributed by atoms with E-state index in [2.05, 4.69) is 11.1 Å². The van der Waals surface area contributed by atoms with Gasteiger partial charge in [-0.25, -0.2) is 9.18 Å². The topological polar surface area (TPSA) is 91.4 Å². The van der Waals surface area contributed by atoms with E-state index in [1.165, 1.54) is 17.0 Å². The van der Waals surface area contributed by atoms with E-state index in [1.807, 2.05) is 19.1 Å². The predicted molar refractivity (Wildman–Crippen MR) is 121 cm³/mol. The van der Waals surface area contributed by atoms with Crippen LogP contribution in [-0.4, -0.2) is 46.6 Å². The van der Waals surface area contributed by atoms with E-state index >= 15 is 0 Å². The Morgan fingerprint density at radius 2 is 1.88 bits per heavy atom. The smallest absolute Gasteiger partial charge is 0.414 e. The van der Waals surface area contributed by atoms with E-state index < -0.39 is 28.1 Å². The van der Waals surface area contributed by atoms with Gasteiger partial charge in [-0.1, -0.05) is 26.3 Å². The lowest BCUT2D eigenvalue weighted by Crippen LogP contribution is -2.26. The number of carbonyl (C=O) groups is 1. The van der Waals surface area contributed by atoms with Gasteiger partial charge in [0.15, 0.2) is 23.1 Å². The first kappa shape index (κ1) is 24.8. The Kier molecular flexibility index (Phi) is 8.15. The second-order valence-corrected chi connectivity index (χ2v) is 9.30. The molecule has 33 heavy (non-hydrogen) atoms. The van der Waals surface area contributed by atoms with Gasteiger partial charge >= 0.3 is 6.09 Å². The molecule has 10 heteroatoms. The Labute approximate surface area is 193 Å². The maximum Gasteiger partial charge on any atom is 0.414 e. The van der Waals surface area contributed by atoms with Crippen molar-refractivity contribution in [3.63, 3.8) is 0 Å². The third-order valence-corrected chi connectivity index (χ3v) is 5.53. The number of benzene rings is 2. The molecule has 0 saturated carbocycles. The zero-order valence-electron chi connectivity index (χ0n) is 18.9. The number of anilines is 1. The molecule has 0 radical (unpaired) electrons. The summed E-state index contributed by atoms with van der Waals surface area (Å²) in [5.74, 6) is 0.250. The Bertz CT molecular complexity index is 1090. The highest BCUT2D eigenvalue weighted by Crippen LogP contribution is 2.35. The highest BCUT2D eigenvalue weighted by atomic mass is 32.2. The molecular weight excluding hydrogens is 453 g/mol. The molecular formula is C23H28FNO7S. The summed E-state index contributed by atoms with van der Waals surface area (Å²) in [5, 5.41) is 0. The second kappa shape index (κ2) is 10.8. The summed E-state index contributed by atoms with van der Waals surface area (Å²) in [4.78, 5) is 13.4. The van der Waals surface area contributed by atoms with Crippen LogP contribution in [0.15, 0.2) is 36.4 Å². The number of rotatable bonds is 11. The van der Waals surface area contributed by atoms with E-state index in [0.29, 0.717) is 18.1 Å². The first-order chi connectivity index (χ1) is 15.7. The van der Waals surface area contributed by atoms with Gasteiger partial charge in [0, 0.05) is 6.07 Å². The van der Waals surface area contributed by atoms with Gasteiger partial charge in [-0.2, -0.15) is 8.42 Å². The molecule has 2 aromatic carbocycles. The van der Waals surface area contributed by atoms with Crippen LogP contribution in [0.25, 0.3) is 0 Å². The lowest BCUT2D eigenvalue weighted by molar-refractivity contribution is 0.107. The predicted octanol–water partition coefficient (Wildman–Crippen LogP) is 4.66. The van der Waals surface area contributed by atoms with E-state index in [1.54, 1.807) is 6.07 Å². The van der Waals surface area contributed by atoms with Crippen LogP contribution < -0.4 is 14.4 Å². The van der Waals surface area contributed by atoms with Crippen LogP contribution in [0.5, 0.6) is 17.2 Å². The minimum absolute atomic E-state index is 0.0205. The molecule has 3 rings (SSSR count). The van der Waals surface area contributed by atoms with Crippen molar-refractivity contribution in [3.8, 4) is 17.2 Å². The minimum atomic E-state index is -3.67. The van der Waals surface area contributed by atoms with Crippen LogP contribution in [0.4, 0.5) is 14.9 Å². The molecule has 1 amide bonds. The molecule has 1 aliphatic heterocycles. The zero-order valence-corrected chi connectivity index (χ0v) is 19.7. The zero-order chi connectivity index (χ0) is 24.0. The average Bonchev–Trinajstić information content (AvgIpc) is 3.15. The molecule has 0 aliphatic carbocycles. The van der Waals surface area contributed by atoms with Gasteiger partial charge < -0.3 is 14.2 Å². The quantitative estimate of drug-likeness (QED) is 0.340. The Balaban J connectivity index is 1.73. The molecule has 1 heterocycles. The molecule has 1 atom stereocenters. The fourth-order valence-electron chi connectivity index (χ4n) is 3.17. The average molecular weight is 482 g/mol. The van der Waals surface area contributed by atoms with E-state index in [9.17, 15) is 17.6 Å². The summed E-state index contributed by atoms with van der Waals surface area (Å²) in [6.07, 6.45) is 2.11. The first-order valence-corrected chi connectivity index (χ1v) is 12.6. The molecule has 1 unspecified atom stereocenters. The van der Waals surface area contributed by atoms with Gasteiger partial charge in [-0.3, -0.25) is 9.08 Å². The number of cyclic esters (lactones) is 1. The number of carbonyl (C=O) groups excluding carboxylic acids is 1. The van der Waals surface area contributed by atoms with Crippen molar-refractivity contribution in [3.05, 3.63) is 47.8 Å². The Morgan fingerprint density at radius 3 is 2.55 bits per heavy atom. The van der Waals surface area contributed by atoms with Crippen molar-refractivity contribution in [2.45, 2.75) is 39.2 Å². The summed E-state index contributed by atoms with van der Waals surface area (Å²) in [6, 6.07) is 9.63. The molecule has 0 N–H and O–H groups in total. The number of amides is 1. The molecule has 8 nitrogen and oxygen atoms in total. The summed E-state index contributed by atoms with van der Waals surface area (Å²) >= 11 is 0. The van der Waals surface area contributed by atoms with Crippen molar-refractivity contribution >= 4 is 21.9 Å². The summed E-state index contributed by atoms with van der Waals surface area (Å²) < 4.78 is 58.5. The van der Waals surface area contributed by atoms with Crippen molar-refractivity contribution in [1.29, 1.82) is 0 Å². The second-order valence-electron chi connectivity index (χ2n) is 7.66. The number of nitrogens with zero attached hydrogens (tertiary/aromatic N) is 1. The third-order valence-electron chi connectivity index (χ3n) is 4.96. The molecule has 2 aromatic rings. The van der Waals surface area contributed by atoms with Crippen molar-refractivity contribution in [1.82, 2.24) is 0 Å². The summed E-state index contributed by atoms with van der Waals surface area (Å²) in [5.41, 5.74) is 1.33. The number of aryl methyl sites for hydroxylation is 1. The monoisotopic (exact) mass is 481 g/mol. The highest BCUT2D eigenvalue weighted by Gasteiger charge is 2.33. The van der Waals surface area contributed by atoms with Gasteiger partial charge in [-0.15, -0.1) is 0 Å². The fraction of sp³-hybridized carbons (Fsp3) is 0.435. The van der Waals surface area contributed by atoms with Gasteiger partial charge in [0.25, 0.3) is 10.1 Å². The molecule has 0 spiro atoms. The molecule has 1 saturated heterocycles. The van der Waals surface area contributed by atoms with E-state index in [-0.39, 0.29) is 24.6 Å². The number of hydrogen-bond acceptors (Lipinski definition) is 7. The van der Waals surface area contributed by atoms with Crippen molar-refractivity contribution in [2.75, 3.05) is 30.9 Å². The lowest BCUT2D eigenvalue weighted by Gasteiger charge is -2.16. The molecule has 1 fully saturated rings. The number of unbranched alkanes of at least 4 members (excludes halogenated alkanes) is 1. The van der Waals surface area contributed by atoms with Crippen LogP contribution in [-0.2, 0) is 25.5 Å². The van der Waals surface area contributed by atoms with Gasteiger partial charge in [0.05, 0.1) is 25.1 Å². The standard InChI is InChI=1S/C23H28FNO7S/c1-4-6-11-29-22-12-16(5-2)7-9-21(22)32-20-10-8-17(13-19(20)24)25-14-18(31-23(25)26)15-30-33(3,27)28/h7-10,12-13,18H,4-6,11,14-15H2,1-3H3. The minimum Gasteiger partial charge on any atom is -0.490 e. The fourth-order valence-corrected chi connectivity index (χ4v) is 3.57. The third kappa shape index (κ3) is 6.82. The van der Waals surface area contributed by atoms with Crippen LogP contribution in [0.2, 0.25) is 0 Å². The largest absolute Gasteiger partial charge is 0.490 e. The van der Waals surface area contributed by atoms with E-state index in [0.717, 1.165) is 37.1 Å². The highest BCUT2D eigenvalue weighted by molar-refractivity contribution is 7.85. The Morgan fingerprint density at radius 1 is 1.12 bits per heavy atom. The van der Waals surface area contributed by atoms with Crippen LogP contribution in [0, 0.1) is 5.82 Å². The lowest BCUT2D eigenvalue weighted by atomic mass is 10.1. The van der Waals surface area contributed by atoms with Gasteiger partial charge in [-0.05, 0) is 42.7 Å². The first-order valence-electron chi connectivity index (χ1n) is 10.8. The van der Waals surface area contributed by atoms with Crippen LogP contribution in [0.3, 0.4) is 0 Å². The van der Waals surface area contributed by atoms with Crippen molar-refractivity contribution < 1.29 is 36.0 Å². The van der Waals surface area contributed by atoms with Crippen LogP contribution in [0.1, 0.15) is 32.3 Å². The molecule has 1 aliphatic rings. The maximum absolute atomic E-state index is 14.9. The van der Waals surface area contributed by atoms with E-state index in [4.69, 9.17) is 14.2 Å². The maximum atomic E-state index is 14.9. The summed E-state index contributed by atoms with van der Waals surface area (Å²) in [7, 11) is -3.67. The van der Waals surface area contributed by atoms with Crippen molar-refractivity contribution in [2.24, 2.45) is 0 Å². The molecule has 0 aromatic heterocycles. The number of ether oxygens (including phenoxy) is 3. The Hall–Kier alpha value is -2.85. The van der Waals surface area contributed by atoms with Crippen LogP contribution >= 0.6 is 0 Å². The number of halogens is 1.